The zero-order valence-corrected chi connectivity index (χ0v) is 14.8. The van der Waals surface area contributed by atoms with Crippen molar-refractivity contribution in [3.05, 3.63) is 35.4 Å². The highest BCUT2D eigenvalue weighted by Crippen LogP contribution is 2.17. The number of benzene rings is 1. The Morgan fingerprint density at radius 2 is 1.88 bits per heavy atom. The van der Waals surface area contributed by atoms with Crippen molar-refractivity contribution in [3.8, 4) is 0 Å². The minimum Gasteiger partial charge on any atom is -0.352 e. The van der Waals surface area contributed by atoms with Gasteiger partial charge in [0, 0.05) is 30.3 Å². The van der Waals surface area contributed by atoms with Gasteiger partial charge in [0.2, 0.25) is 0 Å². The number of carbonyl (C=O) groups is 2. The van der Waals surface area contributed by atoms with Crippen LogP contribution in [0.3, 0.4) is 0 Å². The van der Waals surface area contributed by atoms with Gasteiger partial charge in [-0.15, -0.1) is 0 Å². The monoisotopic (exact) mass is 331 g/mol. The lowest BCUT2D eigenvalue weighted by molar-refractivity contribution is 0.0642. The first-order valence-corrected chi connectivity index (χ1v) is 9.07. The third-order valence-electron chi connectivity index (χ3n) is 4.38. The van der Waals surface area contributed by atoms with Crippen molar-refractivity contribution >= 4 is 11.8 Å². The number of amides is 2. The molecule has 0 bridgehead atoms. The lowest BCUT2D eigenvalue weighted by Gasteiger charge is -2.34. The van der Waals surface area contributed by atoms with E-state index in [2.05, 4.69) is 17.6 Å². The third-order valence-corrected chi connectivity index (χ3v) is 4.38. The van der Waals surface area contributed by atoms with Gasteiger partial charge in [-0.3, -0.25) is 9.59 Å². The predicted octanol–water partition coefficient (Wildman–Crippen LogP) is 2.43. The van der Waals surface area contributed by atoms with E-state index in [0.717, 1.165) is 45.3 Å². The molecule has 1 aromatic rings. The van der Waals surface area contributed by atoms with Crippen LogP contribution in [0.2, 0.25) is 0 Å². The summed E-state index contributed by atoms with van der Waals surface area (Å²) >= 11 is 0. The number of piperidine rings is 1. The van der Waals surface area contributed by atoms with Crippen LogP contribution >= 0.6 is 0 Å². The Labute approximate surface area is 144 Å². The van der Waals surface area contributed by atoms with Crippen molar-refractivity contribution in [2.45, 2.75) is 45.6 Å². The Hall–Kier alpha value is -1.88. The van der Waals surface area contributed by atoms with Crippen LogP contribution in [0.15, 0.2) is 24.3 Å². The molecule has 0 atom stereocenters. The highest BCUT2D eigenvalue weighted by molar-refractivity contribution is 5.99. The Morgan fingerprint density at radius 3 is 2.54 bits per heavy atom. The SMILES string of the molecule is CCCNC(=O)c1cccc(C(=O)N(CCC)C2CCNCC2)c1. The van der Waals surface area contributed by atoms with Crippen LogP contribution in [-0.4, -0.2) is 48.9 Å². The molecule has 0 spiro atoms. The molecule has 2 rings (SSSR count). The molecule has 1 aliphatic rings. The topological polar surface area (TPSA) is 61.4 Å². The maximum atomic E-state index is 13.0. The third kappa shape index (κ3) is 4.81. The molecule has 2 N–H and O–H groups in total. The molecule has 0 aliphatic carbocycles. The van der Waals surface area contributed by atoms with Crippen molar-refractivity contribution in [2.24, 2.45) is 0 Å². The number of hydrogen-bond acceptors (Lipinski definition) is 3. The first-order chi connectivity index (χ1) is 11.7. The molecular formula is C19H29N3O2. The molecule has 0 aromatic heterocycles. The number of rotatable bonds is 7. The quantitative estimate of drug-likeness (QED) is 0.807. The summed E-state index contributed by atoms with van der Waals surface area (Å²) in [6.45, 7) is 7.43. The van der Waals surface area contributed by atoms with Gasteiger partial charge in [-0.2, -0.15) is 0 Å². The van der Waals surface area contributed by atoms with Gasteiger partial charge in [0.25, 0.3) is 11.8 Å². The second-order valence-electron chi connectivity index (χ2n) is 6.32. The largest absolute Gasteiger partial charge is 0.352 e. The Kier molecular flexibility index (Phi) is 7.25. The van der Waals surface area contributed by atoms with E-state index in [1.54, 1.807) is 18.2 Å². The van der Waals surface area contributed by atoms with Gasteiger partial charge in [-0.1, -0.05) is 19.9 Å². The number of carbonyl (C=O) groups excluding carboxylic acids is 2. The average Bonchev–Trinajstić information content (AvgIpc) is 2.64. The number of hydrogen-bond donors (Lipinski definition) is 2. The average molecular weight is 331 g/mol. The van der Waals surface area contributed by atoms with Crippen molar-refractivity contribution in [1.82, 2.24) is 15.5 Å². The minimum absolute atomic E-state index is 0.0360. The standard InChI is InChI=1S/C19H29N3O2/c1-3-10-21-18(23)15-6-5-7-16(14-15)19(24)22(13-4-2)17-8-11-20-12-9-17/h5-7,14,17,20H,3-4,8-13H2,1-2H3,(H,21,23). The first kappa shape index (κ1) is 18.5. The van der Waals surface area contributed by atoms with Gasteiger partial charge < -0.3 is 15.5 Å². The fourth-order valence-electron chi connectivity index (χ4n) is 3.11. The van der Waals surface area contributed by atoms with Crippen LogP contribution in [0.25, 0.3) is 0 Å². The van der Waals surface area contributed by atoms with Crippen molar-refractivity contribution in [3.63, 3.8) is 0 Å². The zero-order valence-electron chi connectivity index (χ0n) is 14.8. The Bertz CT molecular complexity index is 553. The van der Waals surface area contributed by atoms with Crippen molar-refractivity contribution in [2.75, 3.05) is 26.2 Å². The predicted molar refractivity (Wildman–Crippen MR) is 96.3 cm³/mol. The van der Waals surface area contributed by atoms with E-state index in [1.807, 2.05) is 17.9 Å². The van der Waals surface area contributed by atoms with E-state index >= 15 is 0 Å². The molecule has 1 aliphatic heterocycles. The summed E-state index contributed by atoms with van der Waals surface area (Å²) in [5.74, 6) is -0.0794. The van der Waals surface area contributed by atoms with Gasteiger partial charge in [-0.05, 0) is 57.0 Å². The van der Waals surface area contributed by atoms with Crippen LogP contribution in [-0.2, 0) is 0 Å². The van der Waals surface area contributed by atoms with E-state index in [0.29, 0.717) is 17.7 Å². The Balaban J connectivity index is 2.15. The number of nitrogens with one attached hydrogen (secondary N) is 2. The smallest absolute Gasteiger partial charge is 0.254 e. The summed E-state index contributed by atoms with van der Waals surface area (Å²) in [7, 11) is 0. The Morgan fingerprint density at radius 1 is 1.17 bits per heavy atom. The number of nitrogens with zero attached hydrogens (tertiary/aromatic N) is 1. The van der Waals surface area contributed by atoms with Gasteiger partial charge in [0.15, 0.2) is 0 Å². The van der Waals surface area contributed by atoms with Gasteiger partial charge >= 0.3 is 0 Å². The summed E-state index contributed by atoms with van der Waals surface area (Å²) in [5.41, 5.74) is 1.15. The molecule has 0 saturated carbocycles. The summed E-state index contributed by atoms with van der Waals surface area (Å²) in [5, 5.41) is 6.20. The lowest BCUT2D eigenvalue weighted by atomic mass is 10.0. The van der Waals surface area contributed by atoms with Crippen molar-refractivity contribution in [1.29, 1.82) is 0 Å². The van der Waals surface area contributed by atoms with Crippen LogP contribution in [0.1, 0.15) is 60.2 Å². The van der Waals surface area contributed by atoms with Crippen LogP contribution in [0.5, 0.6) is 0 Å². The van der Waals surface area contributed by atoms with E-state index in [-0.39, 0.29) is 17.9 Å². The molecule has 24 heavy (non-hydrogen) atoms. The van der Waals surface area contributed by atoms with Gasteiger partial charge in [0.05, 0.1) is 0 Å². The van der Waals surface area contributed by atoms with E-state index in [9.17, 15) is 9.59 Å². The minimum atomic E-state index is -0.115. The van der Waals surface area contributed by atoms with Gasteiger partial charge in [-0.25, -0.2) is 0 Å². The summed E-state index contributed by atoms with van der Waals surface area (Å²) in [6.07, 6.45) is 3.81. The molecule has 1 saturated heterocycles. The highest BCUT2D eigenvalue weighted by atomic mass is 16.2. The zero-order chi connectivity index (χ0) is 17.4. The summed E-state index contributed by atoms with van der Waals surface area (Å²) < 4.78 is 0. The van der Waals surface area contributed by atoms with E-state index in [4.69, 9.17) is 0 Å². The van der Waals surface area contributed by atoms with Crippen LogP contribution < -0.4 is 10.6 Å². The summed E-state index contributed by atoms with van der Waals surface area (Å²) in [4.78, 5) is 27.1. The molecule has 1 heterocycles. The molecular weight excluding hydrogens is 302 g/mol. The van der Waals surface area contributed by atoms with Crippen LogP contribution in [0.4, 0.5) is 0 Å². The molecule has 5 heteroatoms. The molecule has 132 valence electrons. The second kappa shape index (κ2) is 9.42. The fraction of sp³-hybridized carbons (Fsp3) is 0.579. The summed E-state index contributed by atoms with van der Waals surface area (Å²) in [6, 6.07) is 7.37. The maximum absolute atomic E-state index is 13.0. The molecule has 1 aromatic carbocycles. The fourth-order valence-corrected chi connectivity index (χ4v) is 3.11. The van der Waals surface area contributed by atoms with Gasteiger partial charge in [0.1, 0.15) is 0 Å². The molecule has 0 unspecified atom stereocenters. The first-order valence-electron chi connectivity index (χ1n) is 9.07. The highest BCUT2D eigenvalue weighted by Gasteiger charge is 2.25. The molecule has 1 fully saturated rings. The lowest BCUT2D eigenvalue weighted by Crippen LogP contribution is -2.46. The molecule has 2 amide bonds. The molecule has 5 nitrogen and oxygen atoms in total. The second-order valence-corrected chi connectivity index (χ2v) is 6.32. The normalized spacial score (nSPS) is 15.1. The van der Waals surface area contributed by atoms with E-state index in [1.165, 1.54) is 0 Å². The van der Waals surface area contributed by atoms with Crippen LogP contribution in [0, 0.1) is 0 Å². The maximum Gasteiger partial charge on any atom is 0.254 e. The molecule has 0 radical (unpaired) electrons. The van der Waals surface area contributed by atoms with E-state index < -0.39 is 0 Å². The van der Waals surface area contributed by atoms with Crippen molar-refractivity contribution < 1.29 is 9.59 Å².